The Morgan fingerprint density at radius 1 is 1.20 bits per heavy atom. The zero-order chi connectivity index (χ0) is 13.9. The quantitative estimate of drug-likeness (QED) is 0.583. The first-order valence-electron chi connectivity index (χ1n) is 6.20. The van der Waals surface area contributed by atoms with Gasteiger partial charge in [0.05, 0.1) is 18.1 Å². The average Bonchev–Trinajstić information content (AvgIpc) is 3.04. The molecular formula is C15H13N3OS. The van der Waals surface area contributed by atoms with E-state index in [0.29, 0.717) is 10.5 Å². The Balaban J connectivity index is 1.90. The predicted octanol–water partition coefficient (Wildman–Crippen LogP) is 4.00. The van der Waals surface area contributed by atoms with Crippen LogP contribution in [0.5, 0.6) is 0 Å². The van der Waals surface area contributed by atoms with E-state index in [2.05, 4.69) is 10.1 Å². The minimum atomic E-state index is 0.545. The number of furan rings is 1. The topological polar surface area (TPSA) is 46.2 Å². The van der Waals surface area contributed by atoms with Crippen LogP contribution < -0.4 is 0 Å². The number of benzene rings is 1. The second kappa shape index (κ2) is 5.30. The molecule has 100 valence electrons. The van der Waals surface area contributed by atoms with Gasteiger partial charge in [0, 0.05) is 0 Å². The third kappa shape index (κ3) is 2.62. The van der Waals surface area contributed by atoms with E-state index in [9.17, 15) is 0 Å². The number of aromatic amines is 1. The van der Waals surface area contributed by atoms with Gasteiger partial charge >= 0.3 is 0 Å². The van der Waals surface area contributed by atoms with E-state index in [4.69, 9.17) is 16.6 Å². The Labute approximate surface area is 121 Å². The molecule has 0 aliphatic carbocycles. The lowest BCUT2D eigenvalue weighted by Crippen LogP contribution is -1.87. The summed E-state index contributed by atoms with van der Waals surface area (Å²) < 4.78 is 7.60. The minimum Gasteiger partial charge on any atom is -0.460 e. The summed E-state index contributed by atoms with van der Waals surface area (Å²) in [6.45, 7) is 1.90. The third-order valence-electron chi connectivity index (χ3n) is 2.86. The zero-order valence-electron chi connectivity index (χ0n) is 10.9. The highest BCUT2D eigenvalue weighted by Crippen LogP contribution is 2.16. The van der Waals surface area contributed by atoms with Gasteiger partial charge in [0.15, 0.2) is 4.77 Å². The molecule has 20 heavy (non-hydrogen) atoms. The van der Waals surface area contributed by atoms with Crippen LogP contribution in [0.25, 0.3) is 11.3 Å². The highest BCUT2D eigenvalue weighted by Gasteiger charge is 2.02. The molecule has 3 aromatic rings. The van der Waals surface area contributed by atoms with Crippen LogP contribution in [0, 0.1) is 11.7 Å². The SMILES string of the molecule is Cc1ccc(C=Nn2cc(-c3ccccc3)[nH]c2=S)o1. The van der Waals surface area contributed by atoms with E-state index in [0.717, 1.165) is 17.0 Å². The zero-order valence-corrected chi connectivity index (χ0v) is 11.7. The fourth-order valence-corrected chi connectivity index (χ4v) is 2.09. The van der Waals surface area contributed by atoms with E-state index in [-0.39, 0.29) is 0 Å². The Kier molecular flexibility index (Phi) is 3.35. The van der Waals surface area contributed by atoms with E-state index in [1.165, 1.54) is 0 Å². The van der Waals surface area contributed by atoms with Gasteiger partial charge in [-0.3, -0.25) is 0 Å². The van der Waals surface area contributed by atoms with Crippen LogP contribution in [-0.4, -0.2) is 15.9 Å². The largest absolute Gasteiger partial charge is 0.460 e. The number of hydrogen-bond acceptors (Lipinski definition) is 3. The lowest BCUT2D eigenvalue weighted by Gasteiger charge is -1.94. The van der Waals surface area contributed by atoms with Crippen molar-refractivity contribution in [2.75, 3.05) is 0 Å². The fourth-order valence-electron chi connectivity index (χ4n) is 1.88. The Morgan fingerprint density at radius 3 is 2.70 bits per heavy atom. The van der Waals surface area contributed by atoms with Gasteiger partial charge in [-0.15, -0.1) is 0 Å². The number of aromatic nitrogens is 2. The first kappa shape index (κ1) is 12.6. The molecule has 4 nitrogen and oxygen atoms in total. The second-order valence-electron chi connectivity index (χ2n) is 4.38. The van der Waals surface area contributed by atoms with Crippen LogP contribution in [0.3, 0.4) is 0 Å². The number of nitrogens with one attached hydrogen (secondary N) is 1. The number of aryl methyl sites for hydroxylation is 1. The van der Waals surface area contributed by atoms with Crippen molar-refractivity contribution in [3.05, 3.63) is 65.0 Å². The number of H-pyrrole nitrogens is 1. The average molecular weight is 283 g/mol. The van der Waals surface area contributed by atoms with E-state index in [1.54, 1.807) is 10.9 Å². The summed E-state index contributed by atoms with van der Waals surface area (Å²) in [7, 11) is 0. The molecule has 0 spiro atoms. The Morgan fingerprint density at radius 2 is 2.00 bits per heavy atom. The lowest BCUT2D eigenvalue weighted by molar-refractivity contribution is 0.527. The summed E-state index contributed by atoms with van der Waals surface area (Å²) in [6, 6.07) is 13.7. The van der Waals surface area contributed by atoms with E-state index in [1.807, 2.05) is 55.6 Å². The molecule has 0 fully saturated rings. The maximum absolute atomic E-state index is 5.43. The lowest BCUT2D eigenvalue weighted by atomic mass is 10.2. The van der Waals surface area contributed by atoms with Crippen LogP contribution in [0.15, 0.2) is 58.2 Å². The first-order valence-corrected chi connectivity index (χ1v) is 6.61. The normalized spacial score (nSPS) is 11.2. The van der Waals surface area contributed by atoms with Crippen molar-refractivity contribution >= 4 is 18.4 Å². The molecule has 0 saturated carbocycles. The van der Waals surface area contributed by atoms with Crippen molar-refractivity contribution < 1.29 is 4.42 Å². The fraction of sp³-hybridized carbons (Fsp3) is 0.0667. The van der Waals surface area contributed by atoms with Crippen LogP contribution in [0.1, 0.15) is 11.5 Å². The molecule has 0 unspecified atom stereocenters. The summed E-state index contributed by atoms with van der Waals surface area (Å²) in [4.78, 5) is 3.14. The number of nitrogens with zero attached hydrogens (tertiary/aromatic N) is 2. The molecule has 0 atom stereocenters. The standard InChI is InChI=1S/C15H13N3OS/c1-11-7-8-13(19-11)9-16-18-10-14(17-15(18)20)12-5-3-2-4-6-12/h2-10H,1H3,(H,17,20). The molecule has 0 bridgehead atoms. The molecule has 1 N–H and O–H groups in total. The van der Waals surface area contributed by atoms with Gasteiger partial charge in [-0.25, -0.2) is 4.68 Å². The van der Waals surface area contributed by atoms with Crippen molar-refractivity contribution in [1.82, 2.24) is 9.66 Å². The molecule has 0 aliphatic heterocycles. The molecule has 0 aliphatic rings. The smallest absolute Gasteiger partial charge is 0.198 e. The molecule has 2 aromatic heterocycles. The van der Waals surface area contributed by atoms with Crippen LogP contribution >= 0.6 is 12.2 Å². The monoisotopic (exact) mass is 283 g/mol. The van der Waals surface area contributed by atoms with Crippen molar-refractivity contribution in [1.29, 1.82) is 0 Å². The van der Waals surface area contributed by atoms with Crippen LogP contribution in [0.4, 0.5) is 0 Å². The predicted molar refractivity (Wildman–Crippen MR) is 81.5 cm³/mol. The van der Waals surface area contributed by atoms with Gasteiger partial charge in [0.1, 0.15) is 11.5 Å². The van der Waals surface area contributed by atoms with Gasteiger partial charge in [0.25, 0.3) is 0 Å². The molecule has 0 saturated heterocycles. The van der Waals surface area contributed by atoms with Gasteiger partial charge in [-0.2, -0.15) is 5.10 Å². The summed E-state index contributed by atoms with van der Waals surface area (Å²) in [5, 5.41) is 4.30. The number of rotatable bonds is 3. The van der Waals surface area contributed by atoms with Crippen LogP contribution in [0.2, 0.25) is 0 Å². The number of imidazole rings is 1. The van der Waals surface area contributed by atoms with Crippen LogP contribution in [-0.2, 0) is 0 Å². The molecule has 5 heteroatoms. The van der Waals surface area contributed by atoms with Gasteiger partial charge in [0.2, 0.25) is 0 Å². The molecule has 0 amide bonds. The Bertz CT molecular complexity index is 796. The minimum absolute atomic E-state index is 0.545. The van der Waals surface area contributed by atoms with Gasteiger partial charge in [-0.1, -0.05) is 30.3 Å². The molecule has 0 radical (unpaired) electrons. The third-order valence-corrected chi connectivity index (χ3v) is 3.15. The van der Waals surface area contributed by atoms with Crippen molar-refractivity contribution in [3.63, 3.8) is 0 Å². The Hall–Kier alpha value is -2.40. The maximum Gasteiger partial charge on any atom is 0.198 e. The highest BCUT2D eigenvalue weighted by molar-refractivity contribution is 7.71. The van der Waals surface area contributed by atoms with Crippen molar-refractivity contribution in [2.45, 2.75) is 6.92 Å². The maximum atomic E-state index is 5.43. The van der Waals surface area contributed by atoms with Crippen molar-refractivity contribution in [3.8, 4) is 11.3 Å². The summed E-state index contributed by atoms with van der Waals surface area (Å²) in [5.41, 5.74) is 2.00. The molecule has 3 rings (SSSR count). The summed E-state index contributed by atoms with van der Waals surface area (Å²) in [6.07, 6.45) is 3.51. The summed E-state index contributed by atoms with van der Waals surface area (Å²) in [5.74, 6) is 1.56. The molecular weight excluding hydrogens is 270 g/mol. The van der Waals surface area contributed by atoms with Crippen molar-refractivity contribution in [2.24, 2.45) is 5.10 Å². The molecule has 1 aromatic carbocycles. The highest BCUT2D eigenvalue weighted by atomic mass is 32.1. The first-order chi connectivity index (χ1) is 9.72. The molecule has 2 heterocycles. The van der Waals surface area contributed by atoms with Gasteiger partial charge < -0.3 is 9.40 Å². The van der Waals surface area contributed by atoms with Gasteiger partial charge in [-0.05, 0) is 36.8 Å². The van der Waals surface area contributed by atoms with E-state index < -0.39 is 0 Å². The number of hydrogen-bond donors (Lipinski definition) is 1. The van der Waals surface area contributed by atoms with E-state index >= 15 is 0 Å². The second-order valence-corrected chi connectivity index (χ2v) is 4.76. The summed E-state index contributed by atoms with van der Waals surface area (Å²) >= 11 is 5.26.